The van der Waals surface area contributed by atoms with Crippen LogP contribution in [0.3, 0.4) is 0 Å². The Balaban J connectivity index is 1.44. The Hall–Kier alpha value is -2.01. The van der Waals surface area contributed by atoms with E-state index < -0.39 is 23.6 Å². The summed E-state index contributed by atoms with van der Waals surface area (Å²) in [5, 5.41) is 3.32. The maximum atomic E-state index is 12.9. The van der Waals surface area contributed by atoms with Crippen LogP contribution in [-0.2, 0) is 16.2 Å². The first-order valence-corrected chi connectivity index (χ1v) is 14.0. The number of ether oxygens (including phenoxy) is 1. The first-order chi connectivity index (χ1) is 17.6. The van der Waals surface area contributed by atoms with Gasteiger partial charge in [0.05, 0.1) is 34.6 Å². The molecule has 3 amide bonds. The highest BCUT2D eigenvalue weighted by Gasteiger charge is 2.36. The van der Waals surface area contributed by atoms with Gasteiger partial charge in [0, 0.05) is 0 Å². The molecule has 0 spiro atoms. The molecule has 6 nitrogen and oxygen atoms in total. The first kappa shape index (κ1) is 28.0. The van der Waals surface area contributed by atoms with Crippen molar-refractivity contribution in [2.45, 2.75) is 6.61 Å². The van der Waals surface area contributed by atoms with Crippen LogP contribution in [0.4, 0.5) is 10.5 Å². The Morgan fingerprint density at radius 2 is 1.68 bits per heavy atom. The standard InChI is InChI=1S/C25H15Br2Cl3N2O4S/c26-15-7-14(8-16(27)23(15)36-12-13-5-6-17(28)19(30)9-13)10-21-24(34)32(25(35)37-21)11-22(33)31-20-4-2-1-3-18(20)29/h1-10H,11-12H2,(H,31,33)/b21-10+. The van der Waals surface area contributed by atoms with E-state index in [-0.39, 0.29) is 11.5 Å². The van der Waals surface area contributed by atoms with Gasteiger partial charge in [0.25, 0.3) is 11.1 Å². The lowest BCUT2D eigenvalue weighted by atomic mass is 10.2. The molecule has 0 radical (unpaired) electrons. The molecule has 1 aliphatic heterocycles. The number of imide groups is 1. The van der Waals surface area contributed by atoms with E-state index in [4.69, 9.17) is 39.5 Å². The molecule has 1 aliphatic rings. The van der Waals surface area contributed by atoms with E-state index in [1.807, 2.05) is 6.07 Å². The third-order valence-corrected chi connectivity index (χ3v) is 8.16. The third-order valence-electron chi connectivity index (χ3n) is 5.01. The van der Waals surface area contributed by atoms with Crippen molar-refractivity contribution in [2.75, 3.05) is 11.9 Å². The Morgan fingerprint density at radius 1 is 0.973 bits per heavy atom. The maximum absolute atomic E-state index is 12.9. The molecule has 12 heteroatoms. The highest BCUT2D eigenvalue weighted by atomic mass is 79.9. The number of rotatable bonds is 7. The average molecular weight is 706 g/mol. The molecule has 4 rings (SSSR count). The third kappa shape index (κ3) is 6.90. The van der Waals surface area contributed by atoms with Crippen molar-refractivity contribution in [1.29, 1.82) is 0 Å². The second kappa shape index (κ2) is 12.2. The normalized spacial score (nSPS) is 14.4. The van der Waals surface area contributed by atoms with Crippen LogP contribution in [0, 0.1) is 0 Å². The van der Waals surface area contributed by atoms with Crippen LogP contribution in [0.25, 0.3) is 6.08 Å². The molecule has 3 aromatic carbocycles. The minimum atomic E-state index is -0.559. The van der Waals surface area contributed by atoms with Crippen LogP contribution in [-0.4, -0.2) is 28.5 Å². The van der Waals surface area contributed by atoms with Gasteiger partial charge in [0.1, 0.15) is 18.9 Å². The van der Waals surface area contributed by atoms with Gasteiger partial charge in [-0.3, -0.25) is 19.3 Å². The average Bonchev–Trinajstić information content (AvgIpc) is 3.09. The number of thioether (sulfide) groups is 1. The van der Waals surface area contributed by atoms with Crippen LogP contribution in [0.1, 0.15) is 11.1 Å². The molecule has 1 heterocycles. The summed E-state index contributed by atoms with van der Waals surface area (Å²) in [7, 11) is 0. The van der Waals surface area contributed by atoms with Crippen LogP contribution < -0.4 is 10.1 Å². The molecule has 0 bridgehead atoms. The molecule has 0 atom stereocenters. The van der Waals surface area contributed by atoms with Crippen LogP contribution in [0.15, 0.2) is 68.4 Å². The largest absolute Gasteiger partial charge is 0.487 e. The highest BCUT2D eigenvalue weighted by molar-refractivity contribution is 9.11. The minimum Gasteiger partial charge on any atom is -0.487 e. The summed E-state index contributed by atoms with van der Waals surface area (Å²) in [5.74, 6) is -0.547. The smallest absolute Gasteiger partial charge is 0.294 e. The van der Waals surface area contributed by atoms with Crippen molar-refractivity contribution >= 4 is 107 Å². The maximum Gasteiger partial charge on any atom is 0.294 e. The summed E-state index contributed by atoms with van der Waals surface area (Å²) in [6.07, 6.45) is 1.58. The number of carbonyl (C=O) groups excluding carboxylic acids is 3. The van der Waals surface area contributed by atoms with Crippen LogP contribution >= 0.6 is 78.4 Å². The Labute approximate surface area is 248 Å². The Kier molecular flexibility index (Phi) is 9.26. The summed E-state index contributed by atoms with van der Waals surface area (Å²) in [5.41, 5.74) is 1.88. The lowest BCUT2D eigenvalue weighted by Crippen LogP contribution is -2.36. The second-order valence-corrected chi connectivity index (χ2v) is 11.6. The predicted octanol–water partition coefficient (Wildman–Crippen LogP) is 8.43. The number of para-hydroxylation sites is 1. The van der Waals surface area contributed by atoms with Crippen molar-refractivity contribution in [3.8, 4) is 5.75 Å². The number of nitrogens with one attached hydrogen (secondary N) is 1. The quantitative estimate of drug-likeness (QED) is 0.250. The van der Waals surface area contributed by atoms with Gasteiger partial charge >= 0.3 is 0 Å². The number of halogens is 5. The number of carbonyl (C=O) groups is 3. The molecule has 3 aromatic rings. The molecule has 1 fully saturated rings. The van der Waals surface area contributed by atoms with Gasteiger partial charge in [-0.25, -0.2) is 0 Å². The number of amides is 3. The van der Waals surface area contributed by atoms with Crippen molar-refractivity contribution in [3.05, 3.63) is 94.6 Å². The van der Waals surface area contributed by atoms with Gasteiger partial charge in [-0.05, 0) is 97.2 Å². The zero-order valence-corrected chi connectivity index (χ0v) is 24.8. The molecule has 0 aromatic heterocycles. The molecular formula is C25H15Br2Cl3N2O4S. The van der Waals surface area contributed by atoms with Gasteiger partial charge in [-0.1, -0.05) is 53.0 Å². The van der Waals surface area contributed by atoms with E-state index >= 15 is 0 Å². The SMILES string of the molecule is O=C(CN1C(=O)S/C(=C/c2cc(Br)c(OCc3ccc(Cl)c(Cl)c3)c(Br)c2)C1=O)Nc1ccccc1Cl. The van der Waals surface area contributed by atoms with Crippen molar-refractivity contribution in [1.82, 2.24) is 4.90 Å². The fourth-order valence-electron chi connectivity index (χ4n) is 3.27. The molecule has 0 saturated carbocycles. The highest BCUT2D eigenvalue weighted by Crippen LogP contribution is 2.38. The van der Waals surface area contributed by atoms with Gasteiger partial charge in [0.15, 0.2) is 0 Å². The molecule has 1 N–H and O–H groups in total. The molecule has 190 valence electrons. The summed E-state index contributed by atoms with van der Waals surface area (Å²) in [6, 6.07) is 15.4. The summed E-state index contributed by atoms with van der Waals surface area (Å²) >= 11 is 25.8. The molecule has 37 heavy (non-hydrogen) atoms. The molecule has 1 saturated heterocycles. The number of anilines is 1. The van der Waals surface area contributed by atoms with Crippen LogP contribution in [0.2, 0.25) is 15.1 Å². The molecule has 0 unspecified atom stereocenters. The number of nitrogens with zero attached hydrogens (tertiary/aromatic N) is 1. The number of hydrogen-bond donors (Lipinski definition) is 1. The lowest BCUT2D eigenvalue weighted by Gasteiger charge is -2.13. The zero-order valence-electron chi connectivity index (χ0n) is 18.6. The van der Waals surface area contributed by atoms with E-state index in [0.29, 0.717) is 41.0 Å². The minimum absolute atomic E-state index is 0.193. The monoisotopic (exact) mass is 702 g/mol. The summed E-state index contributed by atoms with van der Waals surface area (Å²) in [4.78, 5) is 38.8. The molecule has 0 aliphatic carbocycles. The number of hydrogen-bond acceptors (Lipinski definition) is 5. The Morgan fingerprint density at radius 3 is 2.35 bits per heavy atom. The lowest BCUT2D eigenvalue weighted by molar-refractivity contribution is -0.127. The van der Waals surface area contributed by atoms with Gasteiger partial charge < -0.3 is 10.1 Å². The molecular weight excluding hydrogens is 691 g/mol. The van der Waals surface area contributed by atoms with Gasteiger partial charge in [0.2, 0.25) is 5.91 Å². The van der Waals surface area contributed by atoms with E-state index in [1.165, 1.54) is 0 Å². The first-order valence-electron chi connectivity index (χ1n) is 10.5. The van der Waals surface area contributed by atoms with E-state index in [9.17, 15) is 14.4 Å². The van der Waals surface area contributed by atoms with Crippen molar-refractivity contribution in [2.24, 2.45) is 0 Å². The summed E-state index contributed by atoms with van der Waals surface area (Å²) in [6.45, 7) is -0.176. The summed E-state index contributed by atoms with van der Waals surface area (Å²) < 4.78 is 7.19. The van der Waals surface area contributed by atoms with Crippen molar-refractivity contribution < 1.29 is 19.1 Å². The van der Waals surface area contributed by atoms with E-state index in [0.717, 1.165) is 22.2 Å². The predicted molar refractivity (Wildman–Crippen MR) is 155 cm³/mol. The van der Waals surface area contributed by atoms with Crippen LogP contribution in [0.5, 0.6) is 5.75 Å². The number of benzene rings is 3. The van der Waals surface area contributed by atoms with Crippen molar-refractivity contribution in [3.63, 3.8) is 0 Å². The fourth-order valence-corrected chi connectivity index (χ4v) is 6.06. The fraction of sp³-hybridized carbons (Fsp3) is 0.0800. The second-order valence-electron chi connectivity index (χ2n) is 7.65. The topological polar surface area (TPSA) is 75.7 Å². The van der Waals surface area contributed by atoms with Gasteiger partial charge in [-0.15, -0.1) is 0 Å². The van der Waals surface area contributed by atoms with Gasteiger partial charge in [-0.2, -0.15) is 0 Å². The van der Waals surface area contributed by atoms with E-state index in [2.05, 4.69) is 37.2 Å². The van der Waals surface area contributed by atoms with E-state index in [1.54, 1.807) is 54.6 Å². The Bertz CT molecular complexity index is 1430. The zero-order chi connectivity index (χ0) is 26.7.